The molecule has 3 unspecified atom stereocenters. The number of halogens is 1. The molecule has 1 heterocycles. The molecule has 0 spiro atoms. The van der Waals surface area contributed by atoms with Gasteiger partial charge in [-0.1, -0.05) is 22.0 Å². The van der Waals surface area contributed by atoms with Crippen molar-refractivity contribution in [2.45, 2.75) is 31.7 Å². The lowest BCUT2D eigenvalue weighted by molar-refractivity contribution is -0.130. The molecule has 1 saturated heterocycles. The van der Waals surface area contributed by atoms with E-state index in [0.29, 0.717) is 30.9 Å². The van der Waals surface area contributed by atoms with Gasteiger partial charge in [-0.05, 0) is 49.3 Å². The smallest absolute Gasteiger partial charge is 0.222 e. The number of ether oxygens (including phenoxy) is 1. The maximum absolute atomic E-state index is 12.3. The van der Waals surface area contributed by atoms with Gasteiger partial charge in [0.1, 0.15) is 5.75 Å². The van der Waals surface area contributed by atoms with Crippen LogP contribution in [-0.2, 0) is 4.79 Å². The molecule has 3 rings (SSSR count). The molecule has 4 nitrogen and oxygen atoms in total. The van der Waals surface area contributed by atoms with E-state index in [-0.39, 0.29) is 5.91 Å². The fraction of sp³-hybridized carbons (Fsp3) is 0.588. The second-order valence-electron chi connectivity index (χ2n) is 6.37. The van der Waals surface area contributed by atoms with Gasteiger partial charge in [0, 0.05) is 30.0 Å². The summed E-state index contributed by atoms with van der Waals surface area (Å²) in [7, 11) is 0. The number of hydrogen-bond donors (Lipinski definition) is 1. The van der Waals surface area contributed by atoms with Crippen molar-refractivity contribution in [1.29, 1.82) is 0 Å². The minimum atomic E-state index is 0.249. The number of nitrogens with two attached hydrogens (primary N) is 1. The van der Waals surface area contributed by atoms with Crippen LogP contribution < -0.4 is 10.5 Å². The average molecular weight is 367 g/mol. The molecular formula is C17H23BrN2O2. The van der Waals surface area contributed by atoms with Gasteiger partial charge in [0.25, 0.3) is 0 Å². The minimum absolute atomic E-state index is 0.249. The first-order valence-corrected chi connectivity index (χ1v) is 8.84. The van der Waals surface area contributed by atoms with E-state index in [1.165, 1.54) is 6.42 Å². The molecule has 1 aliphatic heterocycles. The molecule has 120 valence electrons. The molecule has 3 atom stereocenters. The summed E-state index contributed by atoms with van der Waals surface area (Å²) < 4.78 is 6.67. The van der Waals surface area contributed by atoms with Crippen LogP contribution in [0.15, 0.2) is 28.7 Å². The van der Waals surface area contributed by atoms with Crippen LogP contribution in [0.5, 0.6) is 5.75 Å². The molecular weight excluding hydrogens is 344 g/mol. The average Bonchev–Trinajstić information content (AvgIpc) is 3.06. The highest BCUT2D eigenvalue weighted by molar-refractivity contribution is 9.10. The third-order valence-corrected chi connectivity index (χ3v) is 5.36. The van der Waals surface area contributed by atoms with Gasteiger partial charge in [0.05, 0.1) is 6.61 Å². The van der Waals surface area contributed by atoms with Crippen LogP contribution in [0.25, 0.3) is 0 Å². The third kappa shape index (κ3) is 3.63. The van der Waals surface area contributed by atoms with E-state index in [4.69, 9.17) is 10.5 Å². The van der Waals surface area contributed by atoms with Crippen LogP contribution in [0.1, 0.15) is 25.7 Å². The molecule has 2 aliphatic rings. The maximum Gasteiger partial charge on any atom is 0.222 e. The van der Waals surface area contributed by atoms with Crippen molar-refractivity contribution >= 4 is 21.8 Å². The van der Waals surface area contributed by atoms with Crippen LogP contribution in [0.3, 0.4) is 0 Å². The highest BCUT2D eigenvalue weighted by atomic mass is 79.9. The maximum atomic E-state index is 12.3. The number of likely N-dealkylation sites (tertiary alicyclic amines) is 1. The summed E-state index contributed by atoms with van der Waals surface area (Å²) in [4.78, 5) is 14.3. The molecule has 0 radical (unpaired) electrons. The Morgan fingerprint density at radius 1 is 1.36 bits per heavy atom. The van der Waals surface area contributed by atoms with Crippen molar-refractivity contribution in [3.8, 4) is 5.75 Å². The molecule has 5 heteroatoms. The summed E-state index contributed by atoms with van der Waals surface area (Å²) in [5, 5.41) is 0. The number of amides is 1. The number of benzene rings is 1. The highest BCUT2D eigenvalue weighted by Crippen LogP contribution is 2.37. The number of rotatable bonds is 5. The van der Waals surface area contributed by atoms with Gasteiger partial charge in [-0.15, -0.1) is 0 Å². The molecule has 0 aromatic heterocycles. The van der Waals surface area contributed by atoms with Crippen molar-refractivity contribution in [3.63, 3.8) is 0 Å². The Balaban J connectivity index is 1.38. The lowest BCUT2D eigenvalue weighted by Gasteiger charge is -2.18. The van der Waals surface area contributed by atoms with E-state index in [0.717, 1.165) is 36.2 Å². The van der Waals surface area contributed by atoms with Gasteiger partial charge in [-0.25, -0.2) is 0 Å². The number of hydrogen-bond acceptors (Lipinski definition) is 3. The summed E-state index contributed by atoms with van der Waals surface area (Å²) in [6, 6.07) is 8.06. The van der Waals surface area contributed by atoms with Crippen LogP contribution in [-0.4, -0.2) is 36.5 Å². The Kier molecular flexibility index (Phi) is 5.03. The normalized spacial score (nSPS) is 27.0. The van der Waals surface area contributed by atoms with Crippen molar-refractivity contribution in [1.82, 2.24) is 4.90 Å². The molecule has 1 aromatic carbocycles. The summed E-state index contributed by atoms with van der Waals surface area (Å²) in [6.45, 7) is 2.34. The summed E-state index contributed by atoms with van der Waals surface area (Å²) in [6.07, 6.45) is 3.62. The molecule has 2 fully saturated rings. The summed E-state index contributed by atoms with van der Waals surface area (Å²) in [5.41, 5.74) is 6.12. The summed E-state index contributed by atoms with van der Waals surface area (Å²) in [5.74, 6) is 2.25. The van der Waals surface area contributed by atoms with Crippen molar-refractivity contribution in [2.24, 2.45) is 17.6 Å². The number of carbonyl (C=O) groups is 1. The fourth-order valence-electron chi connectivity index (χ4n) is 3.64. The van der Waals surface area contributed by atoms with Crippen molar-refractivity contribution in [3.05, 3.63) is 28.7 Å². The summed E-state index contributed by atoms with van der Waals surface area (Å²) >= 11 is 3.42. The topological polar surface area (TPSA) is 55.6 Å². The van der Waals surface area contributed by atoms with Crippen LogP contribution in [0, 0.1) is 11.8 Å². The standard InChI is InChI=1S/C17H23BrN2O2/c18-13-3-1-4-14(9-13)22-8-2-5-17(21)20-10-12-6-7-16(19)15(12)11-20/h1,3-4,9,12,15-16H,2,5-8,10-11,19H2. The first-order valence-electron chi connectivity index (χ1n) is 8.05. The Labute approximate surface area is 140 Å². The van der Waals surface area contributed by atoms with E-state index in [9.17, 15) is 4.79 Å². The van der Waals surface area contributed by atoms with E-state index in [1.807, 2.05) is 29.2 Å². The molecule has 22 heavy (non-hydrogen) atoms. The Morgan fingerprint density at radius 3 is 3.00 bits per heavy atom. The van der Waals surface area contributed by atoms with Gasteiger partial charge >= 0.3 is 0 Å². The number of carbonyl (C=O) groups excluding carboxylic acids is 1. The van der Waals surface area contributed by atoms with E-state index in [2.05, 4.69) is 15.9 Å². The highest BCUT2D eigenvalue weighted by Gasteiger charge is 2.42. The van der Waals surface area contributed by atoms with E-state index >= 15 is 0 Å². The zero-order valence-corrected chi connectivity index (χ0v) is 14.3. The van der Waals surface area contributed by atoms with Crippen LogP contribution >= 0.6 is 15.9 Å². The van der Waals surface area contributed by atoms with Gasteiger partial charge in [-0.2, -0.15) is 0 Å². The Hall–Kier alpha value is -1.07. The first kappa shape index (κ1) is 15.8. The zero-order valence-electron chi connectivity index (χ0n) is 12.7. The molecule has 1 amide bonds. The third-order valence-electron chi connectivity index (χ3n) is 4.86. The monoisotopic (exact) mass is 366 g/mol. The zero-order chi connectivity index (χ0) is 15.5. The SMILES string of the molecule is NC1CCC2CN(C(=O)CCCOc3cccc(Br)c3)CC12. The van der Waals surface area contributed by atoms with Crippen LogP contribution in [0.2, 0.25) is 0 Å². The predicted octanol–water partition coefficient (Wildman–Crippen LogP) is 2.80. The Morgan fingerprint density at radius 2 is 2.23 bits per heavy atom. The van der Waals surface area contributed by atoms with Crippen LogP contribution in [0.4, 0.5) is 0 Å². The fourth-order valence-corrected chi connectivity index (χ4v) is 4.02. The molecule has 1 aliphatic carbocycles. The van der Waals surface area contributed by atoms with Gasteiger partial charge < -0.3 is 15.4 Å². The number of fused-ring (bicyclic) bond motifs is 1. The Bertz CT molecular complexity index is 537. The molecule has 1 saturated carbocycles. The lowest BCUT2D eigenvalue weighted by Crippen LogP contribution is -2.33. The van der Waals surface area contributed by atoms with Gasteiger partial charge in [0.15, 0.2) is 0 Å². The van der Waals surface area contributed by atoms with Crippen molar-refractivity contribution in [2.75, 3.05) is 19.7 Å². The van der Waals surface area contributed by atoms with E-state index in [1.54, 1.807) is 0 Å². The second-order valence-corrected chi connectivity index (χ2v) is 7.29. The van der Waals surface area contributed by atoms with E-state index < -0.39 is 0 Å². The van der Waals surface area contributed by atoms with Gasteiger partial charge in [-0.3, -0.25) is 4.79 Å². The second kappa shape index (κ2) is 7.01. The molecule has 0 bridgehead atoms. The first-order chi connectivity index (χ1) is 10.6. The minimum Gasteiger partial charge on any atom is -0.494 e. The molecule has 1 aromatic rings. The van der Waals surface area contributed by atoms with Gasteiger partial charge in [0.2, 0.25) is 5.91 Å². The number of nitrogens with zero attached hydrogens (tertiary/aromatic N) is 1. The quantitative estimate of drug-likeness (QED) is 0.815. The lowest BCUT2D eigenvalue weighted by atomic mass is 9.98. The molecule has 2 N–H and O–H groups in total. The van der Waals surface area contributed by atoms with Crippen molar-refractivity contribution < 1.29 is 9.53 Å². The predicted molar refractivity (Wildman–Crippen MR) is 89.6 cm³/mol. The largest absolute Gasteiger partial charge is 0.494 e.